The molecule has 2 N–H and O–H groups in total. The number of rotatable bonds is 8. The number of para-hydroxylation sites is 1. The Kier molecular flexibility index (Phi) is 7.96. The molecule has 1 aliphatic heterocycles. The number of hydrogen-bond donors (Lipinski definition) is 2. The third kappa shape index (κ3) is 5.33. The molecule has 2 aromatic carbocycles. The maximum atomic E-state index is 13.4. The lowest BCUT2D eigenvalue weighted by atomic mass is 9.92. The molecular formula is C25H31N3O3S. The average molecular weight is 454 g/mol. The number of carbonyl (C=O) groups excluding carboxylic acids is 3. The van der Waals surface area contributed by atoms with E-state index in [1.807, 2.05) is 75.6 Å². The van der Waals surface area contributed by atoms with Gasteiger partial charge in [-0.1, -0.05) is 56.3 Å². The molecule has 7 heteroatoms. The lowest BCUT2D eigenvalue weighted by molar-refractivity contribution is -0.131. The van der Waals surface area contributed by atoms with Crippen LogP contribution in [-0.2, 0) is 14.4 Å². The van der Waals surface area contributed by atoms with E-state index >= 15 is 0 Å². The summed E-state index contributed by atoms with van der Waals surface area (Å²) in [5.74, 6) is -0.293. The Morgan fingerprint density at radius 1 is 1.06 bits per heavy atom. The van der Waals surface area contributed by atoms with E-state index in [1.165, 1.54) is 5.01 Å². The van der Waals surface area contributed by atoms with Crippen LogP contribution >= 0.6 is 11.8 Å². The monoisotopic (exact) mass is 453 g/mol. The van der Waals surface area contributed by atoms with Gasteiger partial charge in [-0.15, -0.1) is 0 Å². The zero-order valence-corrected chi connectivity index (χ0v) is 19.9. The zero-order valence-electron chi connectivity index (χ0n) is 19.1. The molecule has 2 aromatic rings. The number of nitrogens with zero attached hydrogens (tertiary/aromatic N) is 1. The summed E-state index contributed by atoms with van der Waals surface area (Å²) in [6, 6.07) is 14.7. The van der Waals surface area contributed by atoms with Crippen molar-refractivity contribution in [1.29, 1.82) is 0 Å². The van der Waals surface area contributed by atoms with E-state index in [1.54, 1.807) is 11.8 Å². The number of anilines is 1. The fourth-order valence-corrected chi connectivity index (χ4v) is 4.37. The van der Waals surface area contributed by atoms with E-state index in [0.717, 1.165) is 16.7 Å². The highest BCUT2D eigenvalue weighted by atomic mass is 32.2. The van der Waals surface area contributed by atoms with Crippen molar-refractivity contribution < 1.29 is 14.4 Å². The largest absolute Gasteiger partial charge is 0.344 e. The average Bonchev–Trinajstić information content (AvgIpc) is 2.86. The topological polar surface area (TPSA) is 78.5 Å². The first-order chi connectivity index (χ1) is 15.3. The molecule has 170 valence electrons. The van der Waals surface area contributed by atoms with Crippen LogP contribution in [0.15, 0.2) is 48.5 Å². The van der Waals surface area contributed by atoms with Gasteiger partial charge in [-0.05, 0) is 48.5 Å². The van der Waals surface area contributed by atoms with Crippen molar-refractivity contribution in [2.45, 2.75) is 45.6 Å². The molecule has 0 fully saturated rings. The summed E-state index contributed by atoms with van der Waals surface area (Å²) in [5.41, 5.74) is 6.22. The molecule has 2 atom stereocenters. The molecule has 1 heterocycles. The van der Waals surface area contributed by atoms with E-state index in [-0.39, 0.29) is 17.7 Å². The quantitative estimate of drug-likeness (QED) is 0.630. The minimum Gasteiger partial charge on any atom is -0.344 e. The molecule has 0 saturated heterocycles. The second-order valence-electron chi connectivity index (χ2n) is 8.48. The van der Waals surface area contributed by atoms with Gasteiger partial charge in [0, 0.05) is 12.0 Å². The number of hydrogen-bond acceptors (Lipinski definition) is 4. The molecule has 0 radical (unpaired) electrons. The molecule has 3 rings (SSSR count). The van der Waals surface area contributed by atoms with E-state index < -0.39 is 17.9 Å². The van der Waals surface area contributed by atoms with Gasteiger partial charge in [-0.3, -0.25) is 19.8 Å². The molecule has 32 heavy (non-hydrogen) atoms. The van der Waals surface area contributed by atoms with Crippen molar-refractivity contribution in [1.82, 2.24) is 10.7 Å². The maximum absolute atomic E-state index is 13.4. The molecular weight excluding hydrogens is 422 g/mol. The molecule has 0 aromatic heterocycles. The number of carbonyl (C=O) groups is 3. The van der Waals surface area contributed by atoms with Crippen molar-refractivity contribution >= 4 is 35.2 Å². The van der Waals surface area contributed by atoms with Crippen LogP contribution in [0.2, 0.25) is 0 Å². The number of amides is 3. The Morgan fingerprint density at radius 2 is 1.72 bits per heavy atom. The number of thioether (sulfide) groups is 1. The second-order valence-corrected chi connectivity index (χ2v) is 9.46. The van der Waals surface area contributed by atoms with Gasteiger partial charge in [0.1, 0.15) is 6.04 Å². The van der Waals surface area contributed by atoms with Gasteiger partial charge >= 0.3 is 0 Å². The first-order valence-corrected chi connectivity index (χ1v) is 12.3. The van der Waals surface area contributed by atoms with Gasteiger partial charge in [0.25, 0.3) is 11.8 Å². The highest BCUT2D eigenvalue weighted by molar-refractivity contribution is 7.98. The van der Waals surface area contributed by atoms with Crippen molar-refractivity contribution in [3.05, 3.63) is 54.1 Å². The molecule has 3 amide bonds. The molecule has 1 unspecified atom stereocenters. The third-order valence-corrected chi connectivity index (χ3v) is 6.18. The number of hydrazine groups is 1. The zero-order chi connectivity index (χ0) is 23.3. The summed E-state index contributed by atoms with van der Waals surface area (Å²) in [5, 5.41) is 4.20. The Labute approximate surface area is 194 Å². The standard InChI is InChI=1S/C25H31N3O3S/c1-16(2)15-23(29)26-21(13-14-32-4)24(30)27-28-22-12-8-7-11-20(22)19-10-6-5-9-18(19)17(3)25(28)31/h5-12,16-17,21H,13-15H2,1-4H3,(H,26,29)(H,27,30)/t17?,21-/m0/s1. The predicted molar refractivity (Wildman–Crippen MR) is 130 cm³/mol. The SMILES string of the molecule is CSCC[C@H](NC(=O)CC(C)C)C(=O)NN1C(=O)C(C)c2ccccc2-c2ccccc21. The third-order valence-electron chi connectivity index (χ3n) is 5.53. The second kappa shape index (κ2) is 10.7. The van der Waals surface area contributed by atoms with Crippen LogP contribution in [0.3, 0.4) is 0 Å². The Balaban J connectivity index is 1.91. The molecule has 0 aliphatic carbocycles. The Morgan fingerprint density at radius 3 is 2.41 bits per heavy atom. The summed E-state index contributed by atoms with van der Waals surface area (Å²) in [7, 11) is 0. The van der Waals surface area contributed by atoms with Gasteiger partial charge in [-0.2, -0.15) is 11.8 Å². The molecule has 0 spiro atoms. The van der Waals surface area contributed by atoms with Crippen LogP contribution in [-0.4, -0.2) is 35.8 Å². The smallest absolute Gasteiger partial charge is 0.261 e. The fourth-order valence-electron chi connectivity index (χ4n) is 3.89. The first-order valence-electron chi connectivity index (χ1n) is 10.9. The summed E-state index contributed by atoms with van der Waals surface area (Å²) >= 11 is 1.61. The van der Waals surface area contributed by atoms with E-state index in [0.29, 0.717) is 24.3 Å². The maximum Gasteiger partial charge on any atom is 0.261 e. The fraction of sp³-hybridized carbons (Fsp3) is 0.400. The van der Waals surface area contributed by atoms with Crippen LogP contribution in [0.4, 0.5) is 5.69 Å². The van der Waals surface area contributed by atoms with Gasteiger partial charge in [0.2, 0.25) is 5.91 Å². The first kappa shape index (κ1) is 23.9. The number of benzene rings is 2. The Hall–Kier alpha value is -2.80. The predicted octanol–water partition coefficient (Wildman–Crippen LogP) is 4.12. The van der Waals surface area contributed by atoms with E-state index in [2.05, 4.69) is 10.7 Å². The minimum atomic E-state index is -0.713. The summed E-state index contributed by atoms with van der Waals surface area (Å²) < 4.78 is 0. The van der Waals surface area contributed by atoms with Gasteiger partial charge < -0.3 is 5.32 Å². The lowest BCUT2D eigenvalue weighted by Crippen LogP contribution is -2.55. The summed E-state index contributed by atoms with van der Waals surface area (Å²) in [4.78, 5) is 39.1. The number of fused-ring (bicyclic) bond motifs is 3. The van der Waals surface area contributed by atoms with Gasteiger partial charge in [0.05, 0.1) is 11.6 Å². The van der Waals surface area contributed by atoms with E-state index in [9.17, 15) is 14.4 Å². The summed E-state index contributed by atoms with van der Waals surface area (Å²) in [6.45, 7) is 5.77. The van der Waals surface area contributed by atoms with Crippen LogP contribution in [0, 0.1) is 5.92 Å². The molecule has 1 aliphatic rings. The van der Waals surface area contributed by atoms with Gasteiger partial charge in [0.15, 0.2) is 0 Å². The molecule has 0 saturated carbocycles. The highest BCUT2D eigenvalue weighted by Gasteiger charge is 2.33. The minimum absolute atomic E-state index is 0.162. The highest BCUT2D eigenvalue weighted by Crippen LogP contribution is 2.39. The van der Waals surface area contributed by atoms with Crippen molar-refractivity contribution in [3.8, 4) is 11.1 Å². The van der Waals surface area contributed by atoms with Crippen LogP contribution in [0.1, 0.15) is 45.1 Å². The van der Waals surface area contributed by atoms with E-state index in [4.69, 9.17) is 0 Å². The van der Waals surface area contributed by atoms with Crippen LogP contribution in [0.5, 0.6) is 0 Å². The molecule has 6 nitrogen and oxygen atoms in total. The van der Waals surface area contributed by atoms with Crippen molar-refractivity contribution in [2.24, 2.45) is 5.92 Å². The van der Waals surface area contributed by atoms with Gasteiger partial charge in [-0.25, -0.2) is 5.01 Å². The van der Waals surface area contributed by atoms with Crippen LogP contribution in [0.25, 0.3) is 11.1 Å². The lowest BCUT2D eigenvalue weighted by Gasteiger charge is -2.28. The summed E-state index contributed by atoms with van der Waals surface area (Å²) in [6.07, 6.45) is 2.79. The van der Waals surface area contributed by atoms with Crippen molar-refractivity contribution in [2.75, 3.05) is 17.0 Å². The van der Waals surface area contributed by atoms with Crippen LogP contribution < -0.4 is 15.8 Å². The number of nitrogens with one attached hydrogen (secondary N) is 2. The Bertz CT molecular complexity index is 992. The normalized spacial score (nSPS) is 16.1. The van der Waals surface area contributed by atoms with Crippen molar-refractivity contribution in [3.63, 3.8) is 0 Å². The molecule has 0 bridgehead atoms.